The molecule has 1 saturated carbocycles. The lowest BCUT2D eigenvalue weighted by atomic mass is 9.93. The first-order valence-corrected chi connectivity index (χ1v) is 15.1. The Kier molecular flexibility index (Phi) is 5.84. The SMILES string of the molecule is O=C1c2c(OCc3ccccc3)c(=O)ccn2N2CN1CC1CC1COc1cccc3c1C2c1ccccc1SC3. The zero-order chi connectivity index (χ0) is 27.5. The molecule has 4 aliphatic rings. The molecule has 8 heteroatoms. The Hall–Kier alpha value is -4.17. The summed E-state index contributed by atoms with van der Waals surface area (Å²) in [7, 11) is 0. The van der Waals surface area contributed by atoms with Crippen molar-refractivity contribution in [1.29, 1.82) is 0 Å². The van der Waals surface area contributed by atoms with E-state index in [0.29, 0.717) is 31.7 Å². The number of thioether (sulfide) groups is 1. The second kappa shape index (κ2) is 9.73. The molecule has 4 aromatic rings. The van der Waals surface area contributed by atoms with Gasteiger partial charge in [-0.2, -0.15) is 0 Å². The fourth-order valence-electron chi connectivity index (χ4n) is 6.42. The van der Waals surface area contributed by atoms with Crippen LogP contribution in [0.25, 0.3) is 0 Å². The van der Waals surface area contributed by atoms with Crippen LogP contribution in [0.3, 0.4) is 0 Å². The fraction of sp³-hybridized carbons (Fsp3) is 0.273. The molecule has 7 nitrogen and oxygen atoms in total. The number of ether oxygens (including phenoxy) is 2. The van der Waals surface area contributed by atoms with Crippen LogP contribution in [0.1, 0.15) is 45.2 Å². The molecule has 1 aromatic heterocycles. The van der Waals surface area contributed by atoms with Crippen molar-refractivity contribution >= 4 is 17.7 Å². The van der Waals surface area contributed by atoms with E-state index in [1.165, 1.54) is 16.5 Å². The summed E-state index contributed by atoms with van der Waals surface area (Å²) < 4.78 is 14.6. The number of nitrogens with zero attached hydrogens (tertiary/aromatic N) is 3. The van der Waals surface area contributed by atoms with Crippen LogP contribution in [0.5, 0.6) is 11.5 Å². The van der Waals surface area contributed by atoms with Gasteiger partial charge < -0.3 is 14.4 Å². The molecule has 2 bridgehead atoms. The molecule has 0 spiro atoms. The highest BCUT2D eigenvalue weighted by atomic mass is 32.2. The summed E-state index contributed by atoms with van der Waals surface area (Å²) >= 11 is 1.82. The van der Waals surface area contributed by atoms with Crippen LogP contribution in [-0.2, 0) is 12.4 Å². The number of hydrogen-bond acceptors (Lipinski definition) is 6. The molecule has 1 aliphatic carbocycles. The molecule has 8 rings (SSSR count). The van der Waals surface area contributed by atoms with Crippen molar-refractivity contribution < 1.29 is 14.3 Å². The molecule has 1 fully saturated rings. The Morgan fingerprint density at radius 1 is 0.927 bits per heavy atom. The molecule has 4 heterocycles. The van der Waals surface area contributed by atoms with Crippen LogP contribution in [0, 0.1) is 11.8 Å². The third kappa shape index (κ3) is 4.20. The van der Waals surface area contributed by atoms with Crippen LogP contribution in [0.15, 0.2) is 94.7 Å². The zero-order valence-corrected chi connectivity index (χ0v) is 23.3. The third-order valence-electron chi connectivity index (χ3n) is 8.64. The Morgan fingerprint density at radius 3 is 2.68 bits per heavy atom. The van der Waals surface area contributed by atoms with Gasteiger partial charge in [-0.1, -0.05) is 60.7 Å². The highest BCUT2D eigenvalue weighted by molar-refractivity contribution is 7.98. The molecule has 0 N–H and O–H groups in total. The topological polar surface area (TPSA) is 64.0 Å². The van der Waals surface area contributed by atoms with Crippen molar-refractivity contribution in [3.05, 3.63) is 123 Å². The molecule has 3 unspecified atom stereocenters. The number of carbonyl (C=O) groups is 1. The number of amides is 1. The van der Waals surface area contributed by atoms with Gasteiger partial charge in [-0.15, -0.1) is 11.8 Å². The van der Waals surface area contributed by atoms with Crippen molar-refractivity contribution in [1.82, 2.24) is 9.58 Å². The number of pyridine rings is 1. The molecule has 206 valence electrons. The summed E-state index contributed by atoms with van der Waals surface area (Å²) in [5, 5.41) is 2.21. The molecule has 3 aromatic carbocycles. The first-order valence-electron chi connectivity index (χ1n) is 14.1. The van der Waals surface area contributed by atoms with E-state index in [4.69, 9.17) is 9.47 Å². The molecular weight excluding hydrogens is 534 g/mol. The van der Waals surface area contributed by atoms with Gasteiger partial charge in [0.1, 0.15) is 25.1 Å². The number of fused-ring (bicyclic) bond motifs is 8. The van der Waals surface area contributed by atoms with Crippen LogP contribution in [-0.4, -0.2) is 35.3 Å². The van der Waals surface area contributed by atoms with E-state index in [1.54, 1.807) is 6.20 Å². The minimum atomic E-state index is -0.294. The van der Waals surface area contributed by atoms with E-state index < -0.39 is 0 Å². The van der Waals surface area contributed by atoms with Gasteiger partial charge in [0.25, 0.3) is 5.91 Å². The van der Waals surface area contributed by atoms with Crippen LogP contribution < -0.4 is 19.9 Å². The van der Waals surface area contributed by atoms with Gasteiger partial charge in [-0.25, -0.2) is 0 Å². The Bertz CT molecular complexity index is 1720. The minimum absolute atomic E-state index is 0.0966. The number of rotatable bonds is 3. The van der Waals surface area contributed by atoms with Gasteiger partial charge in [0, 0.05) is 35.0 Å². The van der Waals surface area contributed by atoms with Crippen LogP contribution in [0.4, 0.5) is 0 Å². The maximum absolute atomic E-state index is 14.2. The number of carbonyl (C=O) groups excluding carboxylic acids is 1. The van der Waals surface area contributed by atoms with Crippen molar-refractivity contribution in [2.24, 2.45) is 11.8 Å². The predicted molar refractivity (Wildman–Crippen MR) is 157 cm³/mol. The van der Waals surface area contributed by atoms with Gasteiger partial charge in [0.05, 0.1) is 6.61 Å². The van der Waals surface area contributed by atoms with Gasteiger partial charge in [-0.3, -0.25) is 19.3 Å². The van der Waals surface area contributed by atoms with E-state index in [1.807, 2.05) is 51.7 Å². The van der Waals surface area contributed by atoms with E-state index in [-0.39, 0.29) is 35.4 Å². The molecular formula is C33H29N3O4S. The number of aromatic nitrogens is 1. The highest BCUT2D eigenvalue weighted by Crippen LogP contribution is 2.48. The van der Waals surface area contributed by atoms with E-state index in [0.717, 1.165) is 34.6 Å². The average molecular weight is 564 g/mol. The lowest BCUT2D eigenvalue weighted by Gasteiger charge is -2.44. The zero-order valence-electron chi connectivity index (χ0n) is 22.4. The van der Waals surface area contributed by atoms with Gasteiger partial charge in [0.2, 0.25) is 5.43 Å². The van der Waals surface area contributed by atoms with E-state index in [9.17, 15) is 9.59 Å². The lowest BCUT2D eigenvalue weighted by molar-refractivity contribution is 0.0664. The standard InChI is InChI=1S/C33H29N3O4S/c37-26-13-14-35-31(32(26)40-17-21-7-2-1-3-8-21)33(38)34-16-23-15-24(23)18-39-27-11-6-9-22-19-41-28-12-5-4-10-25(28)30(29(22)27)36(35)20-34/h1-14,23-24,30H,15-20H2. The third-order valence-corrected chi connectivity index (χ3v) is 9.78. The van der Waals surface area contributed by atoms with Crippen LogP contribution in [0.2, 0.25) is 0 Å². The Labute approximate surface area is 242 Å². The summed E-state index contributed by atoms with van der Waals surface area (Å²) in [6, 6.07) is 25.8. The molecule has 41 heavy (non-hydrogen) atoms. The van der Waals surface area contributed by atoms with Crippen molar-refractivity contribution in [3.63, 3.8) is 0 Å². The fourth-order valence-corrected chi connectivity index (χ4v) is 7.50. The first kappa shape index (κ1) is 24.6. The van der Waals surface area contributed by atoms with Crippen molar-refractivity contribution in [3.8, 4) is 11.5 Å². The Balaban J connectivity index is 1.34. The molecule has 3 atom stereocenters. The second-order valence-corrected chi connectivity index (χ2v) is 12.2. The normalized spacial score (nSPS) is 22.1. The molecule has 0 radical (unpaired) electrons. The minimum Gasteiger partial charge on any atom is -0.493 e. The highest BCUT2D eigenvalue weighted by Gasteiger charge is 2.45. The van der Waals surface area contributed by atoms with Crippen LogP contribution >= 0.6 is 11.8 Å². The summed E-state index contributed by atoms with van der Waals surface area (Å²) in [6.45, 7) is 1.86. The number of benzene rings is 3. The van der Waals surface area contributed by atoms with Gasteiger partial charge >= 0.3 is 0 Å². The molecule has 3 aliphatic heterocycles. The van der Waals surface area contributed by atoms with Gasteiger partial charge in [0.15, 0.2) is 11.4 Å². The van der Waals surface area contributed by atoms with E-state index >= 15 is 0 Å². The first-order chi connectivity index (χ1) is 20.2. The summed E-state index contributed by atoms with van der Waals surface area (Å²) in [5.41, 5.74) is 4.41. The Morgan fingerprint density at radius 2 is 1.78 bits per heavy atom. The largest absolute Gasteiger partial charge is 0.493 e. The smallest absolute Gasteiger partial charge is 0.277 e. The predicted octanol–water partition coefficient (Wildman–Crippen LogP) is 5.20. The lowest BCUT2D eigenvalue weighted by Crippen LogP contribution is -2.56. The van der Waals surface area contributed by atoms with Gasteiger partial charge in [-0.05, 0) is 47.1 Å². The monoisotopic (exact) mass is 563 g/mol. The van der Waals surface area contributed by atoms with Crippen molar-refractivity contribution in [2.75, 3.05) is 24.8 Å². The summed E-state index contributed by atoms with van der Waals surface area (Å²) in [5.74, 6) is 2.42. The van der Waals surface area contributed by atoms with E-state index in [2.05, 4.69) is 47.5 Å². The average Bonchev–Trinajstić information content (AvgIpc) is 3.77. The summed E-state index contributed by atoms with van der Waals surface area (Å²) in [4.78, 5) is 30.6. The summed E-state index contributed by atoms with van der Waals surface area (Å²) in [6.07, 6.45) is 2.76. The quantitative estimate of drug-likeness (QED) is 0.341. The number of hydrogen-bond donors (Lipinski definition) is 0. The maximum Gasteiger partial charge on any atom is 0.277 e. The maximum atomic E-state index is 14.2. The van der Waals surface area contributed by atoms with Crippen molar-refractivity contribution in [2.45, 2.75) is 29.7 Å². The molecule has 0 saturated heterocycles. The second-order valence-electron chi connectivity index (χ2n) is 11.2. The molecule has 1 amide bonds.